The molecule has 0 bridgehead atoms. The van der Waals surface area contributed by atoms with E-state index in [0.29, 0.717) is 19.8 Å². The van der Waals surface area contributed by atoms with E-state index >= 15 is 0 Å². The van der Waals surface area contributed by atoms with Crippen molar-refractivity contribution in [2.24, 2.45) is 0 Å². The molecule has 1 amide bonds. The van der Waals surface area contributed by atoms with Crippen LogP contribution >= 0.6 is 0 Å². The first-order valence-corrected chi connectivity index (χ1v) is 5.71. The summed E-state index contributed by atoms with van der Waals surface area (Å²) in [5.74, 6) is -0.970. The molecule has 17 heavy (non-hydrogen) atoms. The van der Waals surface area contributed by atoms with Crippen molar-refractivity contribution in [1.82, 2.24) is 10.3 Å². The number of carbonyl (C=O) groups is 1. The van der Waals surface area contributed by atoms with E-state index in [2.05, 4.69) is 17.2 Å². The Morgan fingerprint density at radius 1 is 1.53 bits per heavy atom. The number of nitrogens with zero attached hydrogens (tertiary/aromatic N) is 1. The van der Waals surface area contributed by atoms with Gasteiger partial charge in [-0.25, -0.2) is 4.98 Å². The first-order chi connectivity index (χ1) is 8.24. The molecule has 1 aromatic heterocycles. The van der Waals surface area contributed by atoms with Crippen LogP contribution in [0.15, 0.2) is 18.3 Å². The Bertz CT molecular complexity index is 358. The molecule has 0 aliphatic carbocycles. The lowest BCUT2D eigenvalue weighted by Crippen LogP contribution is -2.27. The van der Waals surface area contributed by atoms with E-state index in [1.54, 1.807) is 0 Å². The van der Waals surface area contributed by atoms with Crippen molar-refractivity contribution in [2.75, 3.05) is 19.8 Å². The fourth-order valence-corrected chi connectivity index (χ4v) is 1.23. The van der Waals surface area contributed by atoms with Gasteiger partial charge in [-0.2, -0.15) is 4.39 Å². The van der Waals surface area contributed by atoms with Crippen LogP contribution in [0.5, 0.6) is 0 Å². The molecule has 5 heteroatoms. The van der Waals surface area contributed by atoms with Gasteiger partial charge >= 0.3 is 0 Å². The van der Waals surface area contributed by atoms with Crippen molar-refractivity contribution in [3.8, 4) is 0 Å². The zero-order chi connectivity index (χ0) is 12.5. The number of rotatable bonds is 7. The molecule has 0 saturated carbocycles. The minimum Gasteiger partial charge on any atom is -0.380 e. The van der Waals surface area contributed by atoms with E-state index in [9.17, 15) is 9.18 Å². The maximum Gasteiger partial charge on any atom is 0.251 e. The third-order valence-corrected chi connectivity index (χ3v) is 2.16. The molecule has 0 aromatic carbocycles. The first-order valence-electron chi connectivity index (χ1n) is 5.71. The van der Waals surface area contributed by atoms with Crippen molar-refractivity contribution >= 4 is 5.91 Å². The second kappa shape index (κ2) is 7.73. The average molecular weight is 240 g/mol. The molecule has 0 radical (unpaired) electrons. The molecule has 0 aliphatic rings. The van der Waals surface area contributed by atoms with E-state index in [0.717, 1.165) is 18.9 Å². The number of hydrogen-bond donors (Lipinski definition) is 1. The Morgan fingerprint density at radius 2 is 2.35 bits per heavy atom. The standard InChI is InChI=1S/C12H17FN2O2/c1-2-3-7-17-8-6-15-12(16)10-4-5-14-11(13)9-10/h4-5,9H,2-3,6-8H2,1H3,(H,15,16). The topological polar surface area (TPSA) is 51.2 Å². The van der Waals surface area contributed by atoms with Crippen molar-refractivity contribution in [1.29, 1.82) is 0 Å². The molecule has 0 atom stereocenters. The summed E-state index contributed by atoms with van der Waals surface area (Å²) < 4.78 is 18.0. The molecule has 4 nitrogen and oxygen atoms in total. The molecule has 1 heterocycles. The van der Waals surface area contributed by atoms with Crippen LogP contribution in [0.25, 0.3) is 0 Å². The second-order valence-corrected chi connectivity index (χ2v) is 3.59. The summed E-state index contributed by atoms with van der Waals surface area (Å²) in [5.41, 5.74) is 0.269. The average Bonchev–Trinajstić information content (AvgIpc) is 2.33. The maximum atomic E-state index is 12.7. The van der Waals surface area contributed by atoms with Crippen LogP contribution in [0.3, 0.4) is 0 Å². The van der Waals surface area contributed by atoms with Crippen molar-refractivity contribution in [3.63, 3.8) is 0 Å². The normalized spacial score (nSPS) is 10.2. The second-order valence-electron chi connectivity index (χ2n) is 3.59. The first kappa shape index (κ1) is 13.6. The van der Waals surface area contributed by atoms with Crippen LogP contribution in [0.2, 0.25) is 0 Å². The molecule has 1 rings (SSSR count). The number of pyridine rings is 1. The number of aromatic nitrogens is 1. The summed E-state index contributed by atoms with van der Waals surface area (Å²) >= 11 is 0. The third kappa shape index (κ3) is 5.40. The number of ether oxygens (including phenoxy) is 1. The van der Waals surface area contributed by atoms with Crippen LogP contribution in [0, 0.1) is 5.95 Å². The predicted octanol–water partition coefficient (Wildman–Crippen LogP) is 1.77. The lowest BCUT2D eigenvalue weighted by molar-refractivity contribution is 0.0912. The predicted molar refractivity (Wildman–Crippen MR) is 62.3 cm³/mol. The molecular weight excluding hydrogens is 223 g/mol. The number of nitrogens with one attached hydrogen (secondary N) is 1. The van der Waals surface area contributed by atoms with Crippen LogP contribution < -0.4 is 5.32 Å². The minimum absolute atomic E-state index is 0.269. The quantitative estimate of drug-likeness (QED) is 0.583. The fourth-order valence-electron chi connectivity index (χ4n) is 1.23. The van der Waals surface area contributed by atoms with Gasteiger partial charge in [-0.1, -0.05) is 13.3 Å². The zero-order valence-corrected chi connectivity index (χ0v) is 9.91. The Labute approximate surface area is 100 Å². The Morgan fingerprint density at radius 3 is 3.06 bits per heavy atom. The zero-order valence-electron chi connectivity index (χ0n) is 9.91. The molecule has 0 saturated heterocycles. The Balaban J connectivity index is 2.21. The Hall–Kier alpha value is -1.49. The summed E-state index contributed by atoms with van der Waals surface area (Å²) in [6.07, 6.45) is 3.37. The number of halogens is 1. The lowest BCUT2D eigenvalue weighted by atomic mass is 10.2. The van der Waals surface area contributed by atoms with Gasteiger partial charge in [0.25, 0.3) is 5.91 Å². The summed E-state index contributed by atoms with van der Waals surface area (Å²) in [4.78, 5) is 14.9. The summed E-state index contributed by atoms with van der Waals surface area (Å²) in [7, 11) is 0. The molecule has 1 N–H and O–H groups in total. The molecule has 1 aromatic rings. The van der Waals surface area contributed by atoms with Gasteiger partial charge in [0.1, 0.15) is 0 Å². The monoisotopic (exact) mass is 240 g/mol. The molecule has 94 valence electrons. The highest BCUT2D eigenvalue weighted by atomic mass is 19.1. The smallest absolute Gasteiger partial charge is 0.251 e. The molecular formula is C12H17FN2O2. The van der Waals surface area contributed by atoms with E-state index in [4.69, 9.17) is 4.74 Å². The summed E-state index contributed by atoms with van der Waals surface area (Å²) in [6, 6.07) is 2.57. The van der Waals surface area contributed by atoms with Crippen molar-refractivity contribution < 1.29 is 13.9 Å². The lowest BCUT2D eigenvalue weighted by Gasteiger charge is -2.05. The highest BCUT2D eigenvalue weighted by Crippen LogP contribution is 1.99. The number of amides is 1. The number of unbranched alkanes of at least 4 members (excludes halogenated alkanes) is 1. The van der Waals surface area contributed by atoms with Crippen molar-refractivity contribution in [2.45, 2.75) is 19.8 Å². The van der Waals surface area contributed by atoms with E-state index in [1.807, 2.05) is 0 Å². The highest BCUT2D eigenvalue weighted by molar-refractivity contribution is 5.93. The van der Waals surface area contributed by atoms with Gasteiger partial charge in [-0.3, -0.25) is 4.79 Å². The number of carbonyl (C=O) groups excluding carboxylic acids is 1. The van der Waals surface area contributed by atoms with Gasteiger partial charge in [-0.05, 0) is 12.5 Å². The van der Waals surface area contributed by atoms with Gasteiger partial charge < -0.3 is 10.1 Å². The van der Waals surface area contributed by atoms with Crippen molar-refractivity contribution in [3.05, 3.63) is 29.8 Å². The SMILES string of the molecule is CCCCOCCNC(=O)c1ccnc(F)c1. The van der Waals surface area contributed by atoms with Crippen LogP contribution in [-0.2, 0) is 4.74 Å². The summed E-state index contributed by atoms with van der Waals surface area (Å²) in [6.45, 7) is 3.69. The van der Waals surface area contributed by atoms with Gasteiger partial charge in [0, 0.05) is 31.0 Å². The van der Waals surface area contributed by atoms with E-state index in [-0.39, 0.29) is 11.5 Å². The van der Waals surface area contributed by atoms with Gasteiger partial charge in [0.15, 0.2) is 0 Å². The molecule has 0 unspecified atom stereocenters. The summed E-state index contributed by atoms with van der Waals surface area (Å²) in [5, 5.41) is 2.64. The molecule has 0 aliphatic heterocycles. The number of hydrogen-bond acceptors (Lipinski definition) is 3. The van der Waals surface area contributed by atoms with Gasteiger partial charge in [-0.15, -0.1) is 0 Å². The molecule has 0 spiro atoms. The van der Waals surface area contributed by atoms with Gasteiger partial charge in [0.2, 0.25) is 5.95 Å². The van der Waals surface area contributed by atoms with E-state index < -0.39 is 5.95 Å². The maximum absolute atomic E-state index is 12.7. The third-order valence-electron chi connectivity index (χ3n) is 2.16. The van der Waals surface area contributed by atoms with Crippen LogP contribution in [0.1, 0.15) is 30.1 Å². The van der Waals surface area contributed by atoms with E-state index in [1.165, 1.54) is 12.3 Å². The Kier molecular flexibility index (Phi) is 6.17. The minimum atomic E-state index is -0.656. The largest absolute Gasteiger partial charge is 0.380 e. The highest BCUT2D eigenvalue weighted by Gasteiger charge is 2.05. The van der Waals surface area contributed by atoms with Crippen LogP contribution in [0.4, 0.5) is 4.39 Å². The fraction of sp³-hybridized carbons (Fsp3) is 0.500. The molecule has 0 fully saturated rings. The van der Waals surface area contributed by atoms with Crippen LogP contribution in [-0.4, -0.2) is 30.6 Å². The van der Waals surface area contributed by atoms with Gasteiger partial charge in [0.05, 0.1) is 6.61 Å².